The van der Waals surface area contributed by atoms with Gasteiger partial charge < -0.3 is 15.7 Å². The van der Waals surface area contributed by atoms with Crippen molar-refractivity contribution in [3.05, 3.63) is 53.1 Å². The number of phenolic OH excluding ortho intramolecular Hbond substituents is 1. The highest BCUT2D eigenvalue weighted by molar-refractivity contribution is 6.07. The number of hydrogen-bond donors (Lipinski definition) is 3. The summed E-state index contributed by atoms with van der Waals surface area (Å²) in [6.07, 6.45) is 0.382. The van der Waals surface area contributed by atoms with Gasteiger partial charge in [0.05, 0.1) is 5.56 Å². The van der Waals surface area contributed by atoms with Gasteiger partial charge in [0.15, 0.2) is 0 Å². The SMILES string of the molecule is CCC(=O)Nc1cccc(NC(=O)c2ccc(C)cc2O)c1C. The van der Waals surface area contributed by atoms with Gasteiger partial charge in [0.1, 0.15) is 5.75 Å². The number of aryl methyl sites for hydroxylation is 1. The normalized spacial score (nSPS) is 10.2. The second kappa shape index (κ2) is 6.96. The van der Waals surface area contributed by atoms with Crippen molar-refractivity contribution in [3.8, 4) is 5.75 Å². The minimum absolute atomic E-state index is 0.0596. The molecule has 0 aliphatic rings. The van der Waals surface area contributed by atoms with Gasteiger partial charge in [-0.05, 0) is 49.2 Å². The first kappa shape index (κ1) is 16.5. The minimum atomic E-state index is -0.399. The van der Waals surface area contributed by atoms with Crippen LogP contribution in [0.1, 0.15) is 34.8 Å². The van der Waals surface area contributed by atoms with Gasteiger partial charge in [-0.1, -0.05) is 19.1 Å². The van der Waals surface area contributed by atoms with E-state index in [0.29, 0.717) is 17.8 Å². The standard InChI is InChI=1S/C18H20N2O3/c1-4-17(22)19-14-6-5-7-15(12(14)3)20-18(23)13-9-8-11(2)10-16(13)21/h5-10,21H,4H2,1-3H3,(H,19,22)(H,20,23). The van der Waals surface area contributed by atoms with Crippen LogP contribution in [0.3, 0.4) is 0 Å². The van der Waals surface area contributed by atoms with Gasteiger partial charge in [-0.25, -0.2) is 0 Å². The van der Waals surface area contributed by atoms with Crippen LogP contribution in [0.25, 0.3) is 0 Å². The number of anilines is 2. The van der Waals surface area contributed by atoms with Crippen molar-refractivity contribution >= 4 is 23.2 Å². The monoisotopic (exact) mass is 312 g/mol. The molecule has 2 rings (SSSR count). The van der Waals surface area contributed by atoms with E-state index in [1.165, 1.54) is 0 Å². The lowest BCUT2D eigenvalue weighted by molar-refractivity contribution is -0.115. The van der Waals surface area contributed by atoms with E-state index in [0.717, 1.165) is 11.1 Å². The molecule has 0 aromatic heterocycles. The molecule has 3 N–H and O–H groups in total. The first-order valence-corrected chi connectivity index (χ1v) is 7.42. The van der Waals surface area contributed by atoms with Crippen LogP contribution >= 0.6 is 0 Å². The minimum Gasteiger partial charge on any atom is -0.507 e. The van der Waals surface area contributed by atoms with Crippen molar-refractivity contribution in [2.24, 2.45) is 0 Å². The molecule has 0 heterocycles. The van der Waals surface area contributed by atoms with Crippen molar-refractivity contribution in [3.63, 3.8) is 0 Å². The molecule has 23 heavy (non-hydrogen) atoms. The number of amides is 2. The van der Waals surface area contributed by atoms with E-state index in [4.69, 9.17) is 0 Å². The van der Waals surface area contributed by atoms with Crippen LogP contribution < -0.4 is 10.6 Å². The molecule has 0 aliphatic heterocycles. The zero-order chi connectivity index (χ0) is 17.0. The number of nitrogens with one attached hydrogen (secondary N) is 2. The Morgan fingerprint density at radius 1 is 1.04 bits per heavy atom. The van der Waals surface area contributed by atoms with E-state index in [9.17, 15) is 14.7 Å². The zero-order valence-electron chi connectivity index (χ0n) is 13.4. The Bertz CT molecular complexity index is 754. The van der Waals surface area contributed by atoms with E-state index in [1.54, 1.807) is 43.3 Å². The molecular weight excluding hydrogens is 292 g/mol. The lowest BCUT2D eigenvalue weighted by atomic mass is 10.1. The molecule has 0 saturated carbocycles. The molecule has 0 fully saturated rings. The maximum atomic E-state index is 12.3. The van der Waals surface area contributed by atoms with Gasteiger partial charge in [-0.3, -0.25) is 9.59 Å². The maximum Gasteiger partial charge on any atom is 0.259 e. The number of benzene rings is 2. The highest BCUT2D eigenvalue weighted by Gasteiger charge is 2.14. The predicted octanol–water partition coefficient (Wildman–Crippen LogP) is 3.61. The second-order valence-corrected chi connectivity index (χ2v) is 5.35. The molecule has 0 bridgehead atoms. The number of aromatic hydroxyl groups is 1. The summed E-state index contributed by atoms with van der Waals surface area (Å²) < 4.78 is 0. The van der Waals surface area contributed by atoms with Crippen molar-refractivity contribution in [2.45, 2.75) is 27.2 Å². The predicted molar refractivity (Wildman–Crippen MR) is 90.9 cm³/mol. The van der Waals surface area contributed by atoms with Crippen molar-refractivity contribution in [1.29, 1.82) is 0 Å². The summed E-state index contributed by atoms with van der Waals surface area (Å²) in [6.45, 7) is 5.43. The number of phenols is 1. The molecule has 5 heteroatoms. The molecule has 2 amide bonds. The fourth-order valence-corrected chi connectivity index (χ4v) is 2.17. The van der Waals surface area contributed by atoms with Gasteiger partial charge in [-0.2, -0.15) is 0 Å². The Hall–Kier alpha value is -2.82. The third-order valence-corrected chi connectivity index (χ3v) is 3.58. The summed E-state index contributed by atoms with van der Waals surface area (Å²) in [5, 5.41) is 15.5. The fourth-order valence-electron chi connectivity index (χ4n) is 2.17. The Morgan fingerprint density at radius 2 is 1.70 bits per heavy atom. The largest absolute Gasteiger partial charge is 0.507 e. The molecule has 2 aromatic rings. The first-order chi connectivity index (χ1) is 10.9. The van der Waals surface area contributed by atoms with Crippen LogP contribution in [0.4, 0.5) is 11.4 Å². The third-order valence-electron chi connectivity index (χ3n) is 3.58. The molecule has 120 valence electrons. The van der Waals surface area contributed by atoms with Crippen LogP contribution in [0.5, 0.6) is 5.75 Å². The van der Waals surface area contributed by atoms with E-state index >= 15 is 0 Å². The molecule has 0 saturated heterocycles. The summed E-state index contributed by atoms with van der Waals surface area (Å²) in [5.74, 6) is -0.548. The van der Waals surface area contributed by atoms with E-state index < -0.39 is 5.91 Å². The summed E-state index contributed by atoms with van der Waals surface area (Å²) in [5.41, 5.74) is 3.08. The molecule has 0 spiro atoms. The smallest absolute Gasteiger partial charge is 0.259 e. The first-order valence-electron chi connectivity index (χ1n) is 7.42. The van der Waals surface area contributed by atoms with E-state index in [2.05, 4.69) is 10.6 Å². The number of carbonyl (C=O) groups is 2. The molecule has 2 aromatic carbocycles. The fraction of sp³-hybridized carbons (Fsp3) is 0.222. The summed E-state index contributed by atoms with van der Waals surface area (Å²) in [6, 6.07) is 10.2. The molecule has 0 atom stereocenters. The van der Waals surface area contributed by atoms with Crippen molar-refractivity contribution < 1.29 is 14.7 Å². The van der Waals surface area contributed by atoms with Crippen LogP contribution in [0.15, 0.2) is 36.4 Å². The van der Waals surface area contributed by atoms with Crippen molar-refractivity contribution in [1.82, 2.24) is 0 Å². The molecule has 0 unspecified atom stereocenters. The maximum absolute atomic E-state index is 12.3. The lowest BCUT2D eigenvalue weighted by Gasteiger charge is -2.13. The third kappa shape index (κ3) is 3.88. The lowest BCUT2D eigenvalue weighted by Crippen LogP contribution is -2.15. The summed E-state index contributed by atoms with van der Waals surface area (Å²) in [4.78, 5) is 23.9. The van der Waals surface area contributed by atoms with Gasteiger partial charge in [-0.15, -0.1) is 0 Å². The van der Waals surface area contributed by atoms with Crippen LogP contribution in [-0.2, 0) is 4.79 Å². The quantitative estimate of drug-likeness (QED) is 0.807. The Morgan fingerprint density at radius 3 is 2.30 bits per heavy atom. The molecule has 0 radical (unpaired) electrons. The number of rotatable bonds is 4. The summed E-state index contributed by atoms with van der Waals surface area (Å²) in [7, 11) is 0. The summed E-state index contributed by atoms with van der Waals surface area (Å²) >= 11 is 0. The van der Waals surface area contributed by atoms with Crippen LogP contribution in [0.2, 0.25) is 0 Å². The molecule has 0 aliphatic carbocycles. The van der Waals surface area contributed by atoms with Gasteiger partial charge in [0, 0.05) is 17.8 Å². The van der Waals surface area contributed by atoms with Crippen LogP contribution in [-0.4, -0.2) is 16.9 Å². The Balaban J connectivity index is 2.24. The average Bonchev–Trinajstić information content (AvgIpc) is 2.50. The topological polar surface area (TPSA) is 78.4 Å². The van der Waals surface area contributed by atoms with Gasteiger partial charge >= 0.3 is 0 Å². The van der Waals surface area contributed by atoms with Gasteiger partial charge in [0.2, 0.25) is 5.91 Å². The van der Waals surface area contributed by atoms with Crippen molar-refractivity contribution in [2.75, 3.05) is 10.6 Å². The molecule has 5 nitrogen and oxygen atoms in total. The van der Waals surface area contributed by atoms with E-state index in [1.807, 2.05) is 13.8 Å². The van der Waals surface area contributed by atoms with E-state index in [-0.39, 0.29) is 17.2 Å². The average molecular weight is 312 g/mol. The highest BCUT2D eigenvalue weighted by atomic mass is 16.3. The highest BCUT2D eigenvalue weighted by Crippen LogP contribution is 2.25. The Labute approximate surface area is 135 Å². The van der Waals surface area contributed by atoms with Gasteiger partial charge in [0.25, 0.3) is 5.91 Å². The van der Waals surface area contributed by atoms with Crippen LogP contribution in [0, 0.1) is 13.8 Å². The Kier molecular flexibility index (Phi) is 5.01. The number of hydrogen-bond acceptors (Lipinski definition) is 3. The number of carbonyl (C=O) groups excluding carboxylic acids is 2. The molecular formula is C18H20N2O3. The second-order valence-electron chi connectivity index (χ2n) is 5.35. The zero-order valence-corrected chi connectivity index (χ0v) is 13.4.